The van der Waals surface area contributed by atoms with Gasteiger partial charge >= 0.3 is 0 Å². The predicted molar refractivity (Wildman–Crippen MR) is 75.0 cm³/mol. The first kappa shape index (κ1) is 12.2. The van der Waals surface area contributed by atoms with Crippen LogP contribution < -0.4 is 5.32 Å². The van der Waals surface area contributed by atoms with Crippen molar-refractivity contribution in [2.24, 2.45) is 0 Å². The lowest BCUT2D eigenvalue weighted by atomic mass is 10.1. The number of aryl methyl sites for hydroxylation is 1. The zero-order valence-corrected chi connectivity index (χ0v) is 10.9. The van der Waals surface area contributed by atoms with Gasteiger partial charge in [0.25, 0.3) is 0 Å². The molecule has 0 aliphatic rings. The van der Waals surface area contributed by atoms with Crippen LogP contribution in [0.4, 0.5) is 5.69 Å². The molecule has 3 aromatic rings. The second-order valence-electron chi connectivity index (χ2n) is 4.46. The predicted octanol–water partition coefficient (Wildman–Crippen LogP) is 3.02. The zero-order valence-electron chi connectivity index (χ0n) is 10.9. The van der Waals surface area contributed by atoms with E-state index in [0.717, 1.165) is 28.0 Å². The number of nitriles is 1. The first-order valence-electron chi connectivity index (χ1n) is 6.22. The number of aromatic nitrogens is 2. The van der Waals surface area contributed by atoms with Crippen LogP contribution in [0.3, 0.4) is 0 Å². The van der Waals surface area contributed by atoms with Gasteiger partial charge in [-0.15, -0.1) is 0 Å². The minimum atomic E-state index is 0.500. The van der Waals surface area contributed by atoms with Crippen molar-refractivity contribution >= 4 is 16.6 Å². The smallest absolute Gasteiger partial charge is 0.133 e. The lowest BCUT2D eigenvalue weighted by Crippen LogP contribution is -2.03. The molecule has 0 radical (unpaired) electrons. The second kappa shape index (κ2) is 5.02. The molecule has 0 saturated heterocycles. The van der Waals surface area contributed by atoms with E-state index in [2.05, 4.69) is 21.5 Å². The first-order valence-corrected chi connectivity index (χ1v) is 6.22. The molecule has 1 N–H and O–H groups in total. The molecule has 0 unspecified atom stereocenters. The average molecular weight is 264 g/mol. The van der Waals surface area contributed by atoms with Gasteiger partial charge in [-0.25, -0.2) is 0 Å². The fraction of sp³-hybridized carbons (Fsp3) is 0.133. The minimum Gasteiger partial charge on any atom is -0.378 e. The molecule has 3 rings (SSSR count). The monoisotopic (exact) mass is 264 g/mol. The molecule has 0 aliphatic carbocycles. The largest absolute Gasteiger partial charge is 0.378 e. The van der Waals surface area contributed by atoms with Crippen molar-refractivity contribution in [3.8, 4) is 6.07 Å². The third-order valence-electron chi connectivity index (χ3n) is 3.02. The Bertz CT molecular complexity index is 801. The van der Waals surface area contributed by atoms with Gasteiger partial charge in [-0.2, -0.15) is 5.26 Å². The molecule has 0 bridgehead atoms. The van der Waals surface area contributed by atoms with Crippen LogP contribution >= 0.6 is 0 Å². The van der Waals surface area contributed by atoms with Gasteiger partial charge in [0.05, 0.1) is 23.3 Å². The van der Waals surface area contributed by atoms with E-state index in [1.54, 1.807) is 6.20 Å². The number of anilines is 1. The highest BCUT2D eigenvalue weighted by Crippen LogP contribution is 2.25. The highest BCUT2D eigenvalue weighted by atomic mass is 16.5. The Kier molecular flexibility index (Phi) is 3.05. The maximum atomic E-state index is 9.22. The molecule has 20 heavy (non-hydrogen) atoms. The summed E-state index contributed by atoms with van der Waals surface area (Å²) in [4.78, 5) is 4.28. The Labute approximate surface area is 115 Å². The summed E-state index contributed by atoms with van der Waals surface area (Å²) in [5, 5.41) is 17.3. The molecular formula is C15H12N4O. The van der Waals surface area contributed by atoms with Crippen molar-refractivity contribution < 1.29 is 4.52 Å². The van der Waals surface area contributed by atoms with Crippen LogP contribution in [0.1, 0.15) is 17.0 Å². The number of para-hydroxylation sites is 1. The summed E-state index contributed by atoms with van der Waals surface area (Å²) in [5.74, 6) is 0.766. The van der Waals surface area contributed by atoms with Gasteiger partial charge < -0.3 is 9.84 Å². The SMILES string of the molecule is Cc1cc(CNc2c(C#N)cnc3ccccc23)no1. The van der Waals surface area contributed by atoms with Crippen molar-refractivity contribution in [3.05, 3.63) is 53.5 Å². The van der Waals surface area contributed by atoms with E-state index in [4.69, 9.17) is 4.52 Å². The fourth-order valence-electron chi connectivity index (χ4n) is 2.10. The standard InChI is InChI=1S/C15H12N4O/c1-10-6-12(19-20-10)9-18-15-11(7-16)8-17-14-5-3-2-4-13(14)15/h2-6,8H,9H2,1H3,(H,17,18). The third-order valence-corrected chi connectivity index (χ3v) is 3.02. The fourth-order valence-corrected chi connectivity index (χ4v) is 2.10. The number of rotatable bonds is 3. The van der Waals surface area contributed by atoms with Crippen LogP contribution in [0.25, 0.3) is 10.9 Å². The lowest BCUT2D eigenvalue weighted by molar-refractivity contribution is 0.391. The number of fused-ring (bicyclic) bond motifs is 1. The maximum absolute atomic E-state index is 9.22. The number of hydrogen-bond acceptors (Lipinski definition) is 5. The summed E-state index contributed by atoms with van der Waals surface area (Å²) in [6, 6.07) is 11.7. The van der Waals surface area contributed by atoms with Gasteiger partial charge in [-0.1, -0.05) is 23.4 Å². The van der Waals surface area contributed by atoms with E-state index < -0.39 is 0 Å². The number of nitrogens with zero attached hydrogens (tertiary/aromatic N) is 3. The molecule has 5 nitrogen and oxygen atoms in total. The number of pyridine rings is 1. The summed E-state index contributed by atoms with van der Waals surface area (Å²) in [6.07, 6.45) is 1.58. The molecule has 0 saturated carbocycles. The molecule has 98 valence electrons. The zero-order chi connectivity index (χ0) is 13.9. The van der Waals surface area contributed by atoms with Crippen LogP contribution in [0.2, 0.25) is 0 Å². The Hall–Kier alpha value is -2.87. The summed E-state index contributed by atoms with van der Waals surface area (Å²) in [7, 11) is 0. The third kappa shape index (κ3) is 2.19. The van der Waals surface area contributed by atoms with Crippen LogP contribution in [0, 0.1) is 18.3 Å². The molecular weight excluding hydrogens is 252 g/mol. The van der Waals surface area contributed by atoms with Crippen molar-refractivity contribution in [3.63, 3.8) is 0 Å². The Morgan fingerprint density at radius 3 is 2.95 bits per heavy atom. The van der Waals surface area contributed by atoms with E-state index in [-0.39, 0.29) is 0 Å². The lowest BCUT2D eigenvalue weighted by Gasteiger charge is -2.09. The summed E-state index contributed by atoms with van der Waals surface area (Å²) in [5.41, 5.74) is 2.94. The molecule has 0 amide bonds. The molecule has 0 fully saturated rings. The van der Waals surface area contributed by atoms with Gasteiger partial charge in [0.15, 0.2) is 0 Å². The second-order valence-corrected chi connectivity index (χ2v) is 4.46. The highest BCUT2D eigenvalue weighted by Gasteiger charge is 2.09. The Morgan fingerprint density at radius 1 is 1.35 bits per heavy atom. The van der Waals surface area contributed by atoms with Crippen LogP contribution in [-0.2, 0) is 6.54 Å². The topological polar surface area (TPSA) is 74.7 Å². The quantitative estimate of drug-likeness (QED) is 0.787. The van der Waals surface area contributed by atoms with Crippen molar-refractivity contribution in [1.82, 2.24) is 10.1 Å². The molecule has 0 spiro atoms. The average Bonchev–Trinajstić information content (AvgIpc) is 2.90. The molecule has 2 heterocycles. The number of hydrogen-bond donors (Lipinski definition) is 1. The summed E-state index contributed by atoms with van der Waals surface area (Å²) >= 11 is 0. The number of nitrogens with one attached hydrogen (secondary N) is 1. The van der Waals surface area contributed by atoms with Gasteiger partial charge in [-0.05, 0) is 13.0 Å². The molecule has 5 heteroatoms. The van der Waals surface area contributed by atoms with Crippen LogP contribution in [-0.4, -0.2) is 10.1 Å². The van der Waals surface area contributed by atoms with Crippen LogP contribution in [0.15, 0.2) is 41.1 Å². The van der Waals surface area contributed by atoms with Gasteiger partial charge in [-0.3, -0.25) is 4.98 Å². The Balaban J connectivity index is 1.98. The van der Waals surface area contributed by atoms with E-state index in [1.165, 1.54) is 0 Å². The Morgan fingerprint density at radius 2 is 2.20 bits per heavy atom. The van der Waals surface area contributed by atoms with Gasteiger partial charge in [0.2, 0.25) is 0 Å². The highest BCUT2D eigenvalue weighted by molar-refractivity contribution is 5.93. The van der Waals surface area contributed by atoms with E-state index in [1.807, 2.05) is 37.3 Å². The number of benzene rings is 1. The van der Waals surface area contributed by atoms with Crippen molar-refractivity contribution in [1.29, 1.82) is 5.26 Å². The summed E-state index contributed by atoms with van der Waals surface area (Å²) < 4.78 is 5.03. The van der Waals surface area contributed by atoms with E-state index in [0.29, 0.717) is 12.1 Å². The maximum Gasteiger partial charge on any atom is 0.133 e. The van der Waals surface area contributed by atoms with E-state index in [9.17, 15) is 5.26 Å². The van der Waals surface area contributed by atoms with E-state index >= 15 is 0 Å². The van der Waals surface area contributed by atoms with Gasteiger partial charge in [0, 0.05) is 17.6 Å². The van der Waals surface area contributed by atoms with Gasteiger partial charge in [0.1, 0.15) is 17.5 Å². The molecule has 0 atom stereocenters. The molecule has 2 aromatic heterocycles. The normalized spacial score (nSPS) is 10.4. The van der Waals surface area contributed by atoms with Crippen molar-refractivity contribution in [2.75, 3.05) is 5.32 Å². The minimum absolute atomic E-state index is 0.500. The first-order chi connectivity index (χ1) is 9.78. The molecule has 1 aromatic carbocycles. The summed E-state index contributed by atoms with van der Waals surface area (Å²) in [6.45, 7) is 2.35. The molecule has 0 aliphatic heterocycles. The van der Waals surface area contributed by atoms with Crippen molar-refractivity contribution in [2.45, 2.75) is 13.5 Å². The van der Waals surface area contributed by atoms with Crippen LogP contribution in [0.5, 0.6) is 0 Å².